The summed E-state index contributed by atoms with van der Waals surface area (Å²) in [5.41, 5.74) is 0.292. The van der Waals surface area contributed by atoms with Gasteiger partial charge >= 0.3 is 0 Å². The number of benzene rings is 1. The Bertz CT molecular complexity index is 677. The molecule has 1 N–H and O–H groups in total. The Hall–Kier alpha value is -2.28. The van der Waals surface area contributed by atoms with Gasteiger partial charge in [-0.3, -0.25) is 14.4 Å². The molecule has 0 bridgehead atoms. The van der Waals surface area contributed by atoms with E-state index in [-0.39, 0.29) is 30.2 Å². The highest BCUT2D eigenvalue weighted by Crippen LogP contribution is 2.28. The van der Waals surface area contributed by atoms with Crippen molar-refractivity contribution < 1.29 is 23.5 Å². The highest BCUT2D eigenvalue weighted by molar-refractivity contribution is 5.96. The van der Waals surface area contributed by atoms with E-state index in [2.05, 4.69) is 5.32 Å². The number of hydrogen-bond donors (Lipinski definition) is 1. The first-order chi connectivity index (χ1) is 12.6. The van der Waals surface area contributed by atoms with Gasteiger partial charge in [-0.1, -0.05) is 6.42 Å². The minimum atomic E-state index is -0.433. The summed E-state index contributed by atoms with van der Waals surface area (Å²) in [6, 6.07) is 4.87. The van der Waals surface area contributed by atoms with E-state index in [4.69, 9.17) is 4.74 Å². The number of nitrogens with one attached hydrogen (secondary N) is 1. The predicted molar refractivity (Wildman–Crippen MR) is 92.0 cm³/mol. The van der Waals surface area contributed by atoms with E-state index in [1.165, 1.54) is 24.3 Å². The number of ketones is 1. The van der Waals surface area contributed by atoms with Crippen LogP contribution in [0.2, 0.25) is 0 Å². The molecule has 1 saturated carbocycles. The van der Waals surface area contributed by atoms with Gasteiger partial charge in [0.1, 0.15) is 11.6 Å². The number of Topliss-reactive ketones (excluding diaryl/α,β-unsaturated/α-hetero) is 1. The average molecular weight is 362 g/mol. The Labute approximate surface area is 151 Å². The van der Waals surface area contributed by atoms with Gasteiger partial charge in [0.15, 0.2) is 0 Å². The summed E-state index contributed by atoms with van der Waals surface area (Å²) in [5, 5.41) is 2.57. The lowest BCUT2D eigenvalue weighted by Crippen LogP contribution is -2.56. The van der Waals surface area contributed by atoms with Crippen LogP contribution in [0, 0.1) is 11.7 Å². The van der Waals surface area contributed by atoms with Gasteiger partial charge in [0, 0.05) is 24.4 Å². The third-order valence-corrected chi connectivity index (χ3v) is 5.06. The fourth-order valence-corrected chi connectivity index (χ4v) is 3.64. The third-order valence-electron chi connectivity index (χ3n) is 5.06. The van der Waals surface area contributed by atoms with E-state index in [0.29, 0.717) is 31.7 Å². The second kappa shape index (κ2) is 8.40. The second-order valence-corrected chi connectivity index (χ2v) is 6.74. The van der Waals surface area contributed by atoms with Crippen LogP contribution in [0.4, 0.5) is 4.39 Å². The molecule has 0 aromatic heterocycles. The topological polar surface area (TPSA) is 75.7 Å². The molecule has 6 nitrogen and oxygen atoms in total. The number of amides is 2. The Morgan fingerprint density at radius 1 is 1.23 bits per heavy atom. The Kier molecular flexibility index (Phi) is 5.98. The van der Waals surface area contributed by atoms with E-state index in [0.717, 1.165) is 19.3 Å². The van der Waals surface area contributed by atoms with Crippen molar-refractivity contribution in [1.82, 2.24) is 10.2 Å². The molecule has 1 aliphatic heterocycles. The zero-order chi connectivity index (χ0) is 18.5. The fraction of sp³-hybridized carbons (Fsp3) is 0.526. The molecular formula is C19H23FN2O4. The Balaban J connectivity index is 1.60. The predicted octanol–water partition coefficient (Wildman–Crippen LogP) is 1.54. The molecule has 2 atom stereocenters. The number of rotatable bonds is 4. The lowest BCUT2D eigenvalue weighted by Gasteiger charge is -2.40. The number of nitrogens with zero attached hydrogens (tertiary/aromatic N) is 1. The summed E-state index contributed by atoms with van der Waals surface area (Å²) >= 11 is 0. The first-order valence-corrected chi connectivity index (χ1v) is 9.00. The van der Waals surface area contributed by atoms with Crippen LogP contribution in [0.25, 0.3) is 0 Å². The van der Waals surface area contributed by atoms with Gasteiger partial charge in [-0.2, -0.15) is 0 Å². The van der Waals surface area contributed by atoms with E-state index in [1.54, 1.807) is 4.90 Å². The summed E-state index contributed by atoms with van der Waals surface area (Å²) < 4.78 is 18.4. The summed E-state index contributed by atoms with van der Waals surface area (Å²) in [6.45, 7) is 1.04. The smallest absolute Gasteiger partial charge is 0.251 e. The molecular weight excluding hydrogens is 339 g/mol. The molecule has 2 amide bonds. The van der Waals surface area contributed by atoms with E-state index in [9.17, 15) is 18.8 Å². The van der Waals surface area contributed by atoms with Crippen molar-refractivity contribution in [1.29, 1.82) is 0 Å². The number of morpholine rings is 1. The molecule has 1 aromatic rings. The summed E-state index contributed by atoms with van der Waals surface area (Å²) in [6.07, 6.45) is 3.23. The zero-order valence-corrected chi connectivity index (χ0v) is 14.6. The van der Waals surface area contributed by atoms with E-state index < -0.39 is 11.7 Å². The van der Waals surface area contributed by atoms with Crippen molar-refractivity contribution in [3.05, 3.63) is 35.6 Å². The van der Waals surface area contributed by atoms with Gasteiger partial charge in [0.05, 0.1) is 25.8 Å². The minimum Gasteiger partial charge on any atom is -0.377 e. The lowest BCUT2D eigenvalue weighted by atomic mass is 9.82. The van der Waals surface area contributed by atoms with Gasteiger partial charge in [-0.15, -0.1) is 0 Å². The Morgan fingerprint density at radius 2 is 2.00 bits per heavy atom. The standard InChI is InChI=1S/C19H23FN2O4/c20-14-7-5-13(6-8-14)19(25)21-11-18(24)22-9-10-26-12-16(22)15-3-1-2-4-17(15)23/h5-8,15-16H,1-4,9-12H2,(H,21,25). The highest BCUT2D eigenvalue weighted by Gasteiger charge is 2.38. The molecule has 1 saturated heterocycles. The van der Waals surface area contributed by atoms with Gasteiger partial charge in [0.25, 0.3) is 5.91 Å². The maximum atomic E-state index is 12.9. The summed E-state index contributed by atoms with van der Waals surface area (Å²) in [5.74, 6) is -1.07. The molecule has 2 unspecified atom stereocenters. The van der Waals surface area contributed by atoms with Gasteiger partial charge in [0.2, 0.25) is 5.91 Å². The highest BCUT2D eigenvalue weighted by atomic mass is 19.1. The molecule has 1 aliphatic carbocycles. The zero-order valence-electron chi connectivity index (χ0n) is 14.6. The van der Waals surface area contributed by atoms with Gasteiger partial charge in [-0.25, -0.2) is 4.39 Å². The number of carbonyl (C=O) groups excluding carboxylic acids is 3. The average Bonchev–Trinajstić information content (AvgIpc) is 2.67. The summed E-state index contributed by atoms with van der Waals surface area (Å²) in [4.78, 5) is 38.6. The number of ether oxygens (including phenoxy) is 1. The first-order valence-electron chi connectivity index (χ1n) is 9.00. The van der Waals surface area contributed by atoms with Crippen LogP contribution >= 0.6 is 0 Å². The van der Waals surface area contributed by atoms with Crippen LogP contribution in [0.15, 0.2) is 24.3 Å². The van der Waals surface area contributed by atoms with Gasteiger partial charge < -0.3 is 15.0 Å². The van der Waals surface area contributed by atoms with Crippen molar-refractivity contribution >= 4 is 17.6 Å². The molecule has 0 spiro atoms. The van der Waals surface area contributed by atoms with Crippen molar-refractivity contribution in [2.75, 3.05) is 26.3 Å². The van der Waals surface area contributed by atoms with Crippen LogP contribution in [-0.2, 0) is 14.3 Å². The fourth-order valence-electron chi connectivity index (χ4n) is 3.64. The number of carbonyl (C=O) groups is 3. The van der Waals surface area contributed by atoms with Crippen molar-refractivity contribution in [2.45, 2.75) is 31.7 Å². The molecule has 140 valence electrons. The number of hydrogen-bond acceptors (Lipinski definition) is 4. The molecule has 1 heterocycles. The monoisotopic (exact) mass is 362 g/mol. The maximum absolute atomic E-state index is 12.9. The van der Waals surface area contributed by atoms with Crippen LogP contribution in [0.1, 0.15) is 36.0 Å². The minimum absolute atomic E-state index is 0.159. The van der Waals surface area contributed by atoms with Crippen molar-refractivity contribution in [2.24, 2.45) is 5.92 Å². The lowest BCUT2D eigenvalue weighted by molar-refractivity contribution is -0.145. The second-order valence-electron chi connectivity index (χ2n) is 6.74. The third kappa shape index (κ3) is 4.27. The largest absolute Gasteiger partial charge is 0.377 e. The maximum Gasteiger partial charge on any atom is 0.251 e. The normalized spacial score (nSPS) is 23.6. The quantitative estimate of drug-likeness (QED) is 0.882. The van der Waals surface area contributed by atoms with Gasteiger partial charge in [-0.05, 0) is 37.1 Å². The van der Waals surface area contributed by atoms with Crippen molar-refractivity contribution in [3.63, 3.8) is 0 Å². The molecule has 2 aliphatic rings. The van der Waals surface area contributed by atoms with Crippen molar-refractivity contribution in [3.8, 4) is 0 Å². The Morgan fingerprint density at radius 3 is 2.73 bits per heavy atom. The molecule has 3 rings (SSSR count). The molecule has 7 heteroatoms. The SMILES string of the molecule is O=C(NCC(=O)N1CCOCC1C1CCCCC1=O)c1ccc(F)cc1. The first kappa shape index (κ1) is 18.5. The van der Waals surface area contributed by atoms with E-state index >= 15 is 0 Å². The molecule has 26 heavy (non-hydrogen) atoms. The molecule has 2 fully saturated rings. The number of halogens is 1. The van der Waals surface area contributed by atoms with Crippen LogP contribution < -0.4 is 5.32 Å². The summed E-state index contributed by atoms with van der Waals surface area (Å²) in [7, 11) is 0. The van der Waals surface area contributed by atoms with Crippen LogP contribution in [0.5, 0.6) is 0 Å². The molecule has 0 radical (unpaired) electrons. The van der Waals surface area contributed by atoms with E-state index in [1.807, 2.05) is 0 Å². The van der Waals surface area contributed by atoms with Crippen LogP contribution in [-0.4, -0.2) is 54.8 Å². The van der Waals surface area contributed by atoms with Crippen LogP contribution in [0.3, 0.4) is 0 Å². The molecule has 1 aromatic carbocycles.